The maximum Gasteiger partial charge on any atom is 0.180 e. The molecule has 1 aliphatic heterocycles. The average Bonchev–Trinajstić information content (AvgIpc) is 3.14. The Balaban J connectivity index is 0.00000169. The molecule has 4 rings (SSSR count). The van der Waals surface area contributed by atoms with E-state index in [-0.39, 0.29) is 12.4 Å². The summed E-state index contributed by atoms with van der Waals surface area (Å²) in [5.41, 5.74) is 6.73. The zero-order valence-corrected chi connectivity index (χ0v) is 16.1. The molecule has 1 aromatic carbocycles. The molecule has 2 aromatic heterocycles. The van der Waals surface area contributed by atoms with Gasteiger partial charge >= 0.3 is 0 Å². The van der Waals surface area contributed by atoms with Crippen molar-refractivity contribution in [2.75, 3.05) is 18.8 Å². The molecular formula is C16H18Cl2N4S2. The highest BCUT2D eigenvalue weighted by Gasteiger charge is 2.23. The minimum atomic E-state index is 0. The predicted molar refractivity (Wildman–Crippen MR) is 106 cm³/mol. The van der Waals surface area contributed by atoms with E-state index in [1.807, 2.05) is 29.7 Å². The molecule has 1 aliphatic rings. The van der Waals surface area contributed by atoms with Gasteiger partial charge in [0.15, 0.2) is 5.13 Å². The van der Waals surface area contributed by atoms with Gasteiger partial charge in [-0.2, -0.15) is 0 Å². The zero-order valence-electron chi connectivity index (χ0n) is 12.9. The number of fused-ring (bicyclic) bond motifs is 1. The van der Waals surface area contributed by atoms with Gasteiger partial charge in [0.2, 0.25) is 0 Å². The van der Waals surface area contributed by atoms with E-state index in [9.17, 15) is 0 Å². The SMILES string of the molecule is Cl.Nc1ncc(CN2CCC(c3nc4cc(Cl)ccc4s3)CC2)s1. The molecule has 128 valence electrons. The molecule has 3 heterocycles. The van der Waals surface area contributed by atoms with Crippen LogP contribution in [0.5, 0.6) is 0 Å². The molecule has 2 N–H and O–H groups in total. The summed E-state index contributed by atoms with van der Waals surface area (Å²) < 4.78 is 1.23. The molecule has 0 unspecified atom stereocenters. The van der Waals surface area contributed by atoms with Gasteiger partial charge in [-0.05, 0) is 44.1 Å². The number of anilines is 1. The molecule has 0 spiro atoms. The first kappa shape index (κ1) is 17.9. The van der Waals surface area contributed by atoms with Crippen LogP contribution in [0.1, 0.15) is 28.6 Å². The Hall–Kier alpha value is -0.920. The van der Waals surface area contributed by atoms with E-state index < -0.39 is 0 Å². The molecule has 4 nitrogen and oxygen atoms in total. The van der Waals surface area contributed by atoms with Crippen molar-refractivity contribution >= 4 is 62.0 Å². The second-order valence-electron chi connectivity index (χ2n) is 5.88. The van der Waals surface area contributed by atoms with E-state index in [1.54, 1.807) is 11.3 Å². The number of thiazole rings is 2. The largest absolute Gasteiger partial charge is 0.375 e. The Morgan fingerprint density at radius 3 is 2.75 bits per heavy atom. The quantitative estimate of drug-likeness (QED) is 0.686. The van der Waals surface area contributed by atoms with E-state index in [1.165, 1.54) is 14.6 Å². The first-order valence-electron chi connectivity index (χ1n) is 7.66. The van der Waals surface area contributed by atoms with Crippen LogP contribution < -0.4 is 5.73 Å². The first-order valence-corrected chi connectivity index (χ1v) is 9.67. The van der Waals surface area contributed by atoms with Gasteiger partial charge in [-0.1, -0.05) is 11.6 Å². The van der Waals surface area contributed by atoms with Gasteiger partial charge < -0.3 is 5.73 Å². The van der Waals surface area contributed by atoms with Crippen LogP contribution in [0.4, 0.5) is 5.13 Å². The smallest absolute Gasteiger partial charge is 0.180 e. The van der Waals surface area contributed by atoms with Crippen LogP contribution in [0.2, 0.25) is 5.02 Å². The van der Waals surface area contributed by atoms with Crippen LogP contribution in [-0.2, 0) is 6.54 Å². The summed E-state index contributed by atoms with van der Waals surface area (Å²) >= 11 is 9.45. The summed E-state index contributed by atoms with van der Waals surface area (Å²) in [5, 5.41) is 2.67. The Morgan fingerprint density at radius 2 is 2.04 bits per heavy atom. The van der Waals surface area contributed by atoms with Crippen molar-refractivity contribution in [2.45, 2.75) is 25.3 Å². The number of hydrogen-bond donors (Lipinski definition) is 1. The molecular weight excluding hydrogens is 383 g/mol. The lowest BCUT2D eigenvalue weighted by atomic mass is 9.97. The fourth-order valence-corrected chi connectivity index (χ4v) is 5.06. The van der Waals surface area contributed by atoms with E-state index in [0.29, 0.717) is 11.0 Å². The third-order valence-corrected chi connectivity index (χ3v) is 6.50. The van der Waals surface area contributed by atoms with Gasteiger partial charge in [-0.15, -0.1) is 35.1 Å². The van der Waals surface area contributed by atoms with Crippen molar-refractivity contribution in [3.8, 4) is 0 Å². The van der Waals surface area contributed by atoms with Gasteiger partial charge in [0.05, 0.1) is 15.2 Å². The van der Waals surface area contributed by atoms with Gasteiger partial charge in [0.25, 0.3) is 0 Å². The number of halogens is 2. The summed E-state index contributed by atoms with van der Waals surface area (Å²) in [7, 11) is 0. The lowest BCUT2D eigenvalue weighted by molar-refractivity contribution is 0.206. The Bertz CT molecular complexity index is 824. The standard InChI is InChI=1S/C16H17ClN4S2.ClH/c17-11-1-2-14-13(7-11)20-15(23-14)10-3-5-21(6-4-10)9-12-8-19-16(18)22-12;/h1-2,7-8,10H,3-6,9H2,(H2,18,19);1H. The summed E-state index contributed by atoms with van der Waals surface area (Å²) in [5.74, 6) is 0.564. The maximum atomic E-state index is 6.06. The van der Waals surface area contributed by atoms with Crippen LogP contribution in [0.25, 0.3) is 10.2 Å². The van der Waals surface area contributed by atoms with Gasteiger partial charge in [-0.3, -0.25) is 4.90 Å². The second kappa shape index (κ2) is 7.54. The molecule has 0 aliphatic carbocycles. The Kier molecular flexibility index (Phi) is 5.62. The van der Waals surface area contributed by atoms with E-state index in [4.69, 9.17) is 22.3 Å². The lowest BCUT2D eigenvalue weighted by Gasteiger charge is -2.30. The van der Waals surface area contributed by atoms with Crippen LogP contribution in [-0.4, -0.2) is 28.0 Å². The Labute approximate surface area is 160 Å². The van der Waals surface area contributed by atoms with Crippen molar-refractivity contribution in [3.63, 3.8) is 0 Å². The average molecular weight is 401 g/mol. The molecule has 1 fully saturated rings. The van der Waals surface area contributed by atoms with Crippen molar-refractivity contribution in [3.05, 3.63) is 39.3 Å². The molecule has 3 aromatic rings. The fraction of sp³-hybridized carbons (Fsp3) is 0.375. The van der Waals surface area contributed by atoms with Crippen molar-refractivity contribution in [2.24, 2.45) is 0 Å². The van der Waals surface area contributed by atoms with Crippen molar-refractivity contribution in [1.82, 2.24) is 14.9 Å². The second-order valence-corrected chi connectivity index (χ2v) is 8.52. The number of piperidine rings is 1. The lowest BCUT2D eigenvalue weighted by Crippen LogP contribution is -2.32. The summed E-state index contributed by atoms with van der Waals surface area (Å²) in [4.78, 5) is 12.7. The maximum absolute atomic E-state index is 6.06. The third kappa shape index (κ3) is 3.83. The summed E-state index contributed by atoms with van der Waals surface area (Å²) in [6, 6.07) is 5.97. The van der Waals surface area contributed by atoms with Gasteiger partial charge in [0.1, 0.15) is 0 Å². The zero-order chi connectivity index (χ0) is 15.8. The number of benzene rings is 1. The first-order chi connectivity index (χ1) is 11.2. The molecule has 0 saturated carbocycles. The molecule has 24 heavy (non-hydrogen) atoms. The summed E-state index contributed by atoms with van der Waals surface area (Å²) in [6.07, 6.45) is 4.20. The number of hydrogen-bond acceptors (Lipinski definition) is 6. The highest BCUT2D eigenvalue weighted by atomic mass is 35.5. The molecule has 1 saturated heterocycles. The van der Waals surface area contributed by atoms with Crippen LogP contribution in [0, 0.1) is 0 Å². The number of likely N-dealkylation sites (tertiary alicyclic amines) is 1. The molecule has 0 bridgehead atoms. The molecule has 0 atom stereocenters. The van der Waals surface area contributed by atoms with Gasteiger partial charge in [-0.25, -0.2) is 9.97 Å². The molecule has 8 heteroatoms. The number of nitrogen functional groups attached to an aromatic ring is 1. The highest BCUT2D eigenvalue weighted by molar-refractivity contribution is 7.18. The predicted octanol–water partition coefficient (Wildman–Crippen LogP) is 4.79. The van der Waals surface area contributed by atoms with Crippen molar-refractivity contribution in [1.29, 1.82) is 0 Å². The topological polar surface area (TPSA) is 55.0 Å². The number of rotatable bonds is 3. The van der Waals surface area contributed by atoms with Gasteiger partial charge in [0, 0.05) is 28.6 Å². The Morgan fingerprint density at radius 1 is 1.25 bits per heavy atom. The number of nitrogens with two attached hydrogens (primary N) is 1. The van der Waals surface area contributed by atoms with Crippen LogP contribution in [0.3, 0.4) is 0 Å². The van der Waals surface area contributed by atoms with Crippen LogP contribution >= 0.6 is 46.7 Å². The van der Waals surface area contributed by atoms with E-state index >= 15 is 0 Å². The highest BCUT2D eigenvalue weighted by Crippen LogP contribution is 2.35. The molecule has 0 amide bonds. The van der Waals surface area contributed by atoms with E-state index in [2.05, 4.69) is 16.0 Å². The number of aromatic nitrogens is 2. The normalized spacial score (nSPS) is 16.4. The third-order valence-electron chi connectivity index (χ3n) is 4.25. The monoisotopic (exact) mass is 400 g/mol. The van der Waals surface area contributed by atoms with Crippen LogP contribution in [0.15, 0.2) is 24.4 Å². The summed E-state index contributed by atoms with van der Waals surface area (Å²) in [6.45, 7) is 3.15. The minimum absolute atomic E-state index is 0. The number of nitrogens with zero attached hydrogens (tertiary/aromatic N) is 3. The molecule has 0 radical (unpaired) electrons. The van der Waals surface area contributed by atoms with E-state index in [0.717, 1.165) is 43.0 Å². The fourth-order valence-electron chi connectivity index (χ4n) is 3.05. The van der Waals surface area contributed by atoms with Crippen molar-refractivity contribution < 1.29 is 0 Å². The minimum Gasteiger partial charge on any atom is -0.375 e.